The fourth-order valence-electron chi connectivity index (χ4n) is 2.45. The largest absolute Gasteiger partial charge is 0.324 e. The molecule has 16 heavy (non-hydrogen) atoms. The van der Waals surface area contributed by atoms with Gasteiger partial charge in [-0.15, -0.1) is 0 Å². The van der Waals surface area contributed by atoms with Crippen molar-refractivity contribution in [1.29, 1.82) is 0 Å². The molecule has 1 aliphatic rings. The summed E-state index contributed by atoms with van der Waals surface area (Å²) in [6.45, 7) is 0. The molecule has 0 saturated heterocycles. The highest BCUT2D eigenvalue weighted by atomic mass is 14.7. The highest BCUT2D eigenvalue weighted by molar-refractivity contribution is 5.82. The van der Waals surface area contributed by atoms with Crippen molar-refractivity contribution in [3.05, 3.63) is 42.1 Å². The number of nitrogens with zero attached hydrogens (tertiary/aromatic N) is 1. The summed E-state index contributed by atoms with van der Waals surface area (Å²) in [7, 11) is 0. The van der Waals surface area contributed by atoms with E-state index in [4.69, 9.17) is 5.73 Å². The monoisotopic (exact) mass is 212 g/mol. The molecule has 1 heterocycles. The Morgan fingerprint density at radius 3 is 2.75 bits per heavy atom. The number of aromatic nitrogens is 1. The topological polar surface area (TPSA) is 38.9 Å². The minimum atomic E-state index is 0.160. The second kappa shape index (κ2) is 3.87. The van der Waals surface area contributed by atoms with Gasteiger partial charge in [-0.1, -0.05) is 30.7 Å². The zero-order valence-electron chi connectivity index (χ0n) is 9.26. The molecule has 1 fully saturated rings. The predicted octanol–water partition coefficient (Wildman–Crippen LogP) is 3.03. The second-order valence-corrected chi connectivity index (χ2v) is 4.64. The van der Waals surface area contributed by atoms with E-state index in [1.165, 1.54) is 30.2 Å². The Morgan fingerprint density at radius 1 is 1.19 bits per heavy atom. The molecule has 2 N–H and O–H groups in total. The first-order valence-corrected chi connectivity index (χ1v) is 5.95. The van der Waals surface area contributed by atoms with Crippen LogP contribution in [0, 0.1) is 5.92 Å². The van der Waals surface area contributed by atoms with E-state index in [1.54, 1.807) is 0 Å². The van der Waals surface area contributed by atoms with Gasteiger partial charge < -0.3 is 5.73 Å². The smallest absolute Gasteiger partial charge is 0.0749 e. The van der Waals surface area contributed by atoms with Gasteiger partial charge in [-0.3, -0.25) is 4.98 Å². The number of benzene rings is 1. The van der Waals surface area contributed by atoms with Gasteiger partial charge in [0.2, 0.25) is 0 Å². The standard InChI is InChI=1S/C14H16N2/c15-13(10-4-1-5-10)12-8-2-6-11-7-3-9-16-14(11)12/h2-3,6-10,13H,1,4-5,15H2. The molecule has 1 atom stereocenters. The van der Waals surface area contributed by atoms with Crippen LogP contribution in [0.5, 0.6) is 0 Å². The number of nitrogens with two attached hydrogens (primary N) is 1. The lowest BCUT2D eigenvalue weighted by Crippen LogP contribution is -2.27. The van der Waals surface area contributed by atoms with E-state index in [2.05, 4.69) is 29.2 Å². The van der Waals surface area contributed by atoms with E-state index in [0.717, 1.165) is 5.52 Å². The van der Waals surface area contributed by atoms with Crippen LogP contribution in [-0.2, 0) is 0 Å². The second-order valence-electron chi connectivity index (χ2n) is 4.64. The Balaban J connectivity index is 2.08. The van der Waals surface area contributed by atoms with Crippen molar-refractivity contribution in [3.8, 4) is 0 Å². The molecule has 1 aromatic heterocycles. The van der Waals surface area contributed by atoms with Crippen LogP contribution in [0.25, 0.3) is 10.9 Å². The molecule has 1 aliphatic carbocycles. The summed E-state index contributed by atoms with van der Waals surface area (Å²) >= 11 is 0. The number of hydrogen-bond acceptors (Lipinski definition) is 2. The fraction of sp³-hybridized carbons (Fsp3) is 0.357. The van der Waals surface area contributed by atoms with E-state index in [-0.39, 0.29) is 6.04 Å². The summed E-state index contributed by atoms with van der Waals surface area (Å²) in [4.78, 5) is 4.46. The fourth-order valence-corrected chi connectivity index (χ4v) is 2.45. The molecule has 2 heteroatoms. The quantitative estimate of drug-likeness (QED) is 0.831. The molecular formula is C14H16N2. The highest BCUT2D eigenvalue weighted by Gasteiger charge is 2.26. The van der Waals surface area contributed by atoms with Crippen LogP contribution in [0.1, 0.15) is 30.9 Å². The lowest BCUT2D eigenvalue weighted by atomic mass is 9.77. The van der Waals surface area contributed by atoms with Crippen LogP contribution < -0.4 is 5.73 Å². The lowest BCUT2D eigenvalue weighted by molar-refractivity contribution is 0.265. The van der Waals surface area contributed by atoms with Gasteiger partial charge in [0, 0.05) is 17.6 Å². The molecule has 82 valence electrons. The van der Waals surface area contributed by atoms with Gasteiger partial charge in [0.05, 0.1) is 5.52 Å². The summed E-state index contributed by atoms with van der Waals surface area (Å²) in [5, 5.41) is 1.19. The summed E-state index contributed by atoms with van der Waals surface area (Å²) in [5.41, 5.74) is 8.61. The molecular weight excluding hydrogens is 196 g/mol. The molecule has 2 aromatic rings. The van der Waals surface area contributed by atoms with Gasteiger partial charge in [0.15, 0.2) is 0 Å². The molecule has 2 nitrogen and oxygen atoms in total. The van der Waals surface area contributed by atoms with Crippen LogP contribution in [0.2, 0.25) is 0 Å². The first-order chi connectivity index (χ1) is 7.86. The van der Waals surface area contributed by atoms with Crippen molar-refractivity contribution in [2.75, 3.05) is 0 Å². The van der Waals surface area contributed by atoms with E-state index < -0.39 is 0 Å². The van der Waals surface area contributed by atoms with Gasteiger partial charge in [0.1, 0.15) is 0 Å². The molecule has 0 aliphatic heterocycles. The average molecular weight is 212 g/mol. The number of pyridine rings is 1. The third-order valence-corrected chi connectivity index (χ3v) is 3.68. The number of para-hydroxylation sites is 1. The van der Waals surface area contributed by atoms with E-state index in [1.807, 2.05) is 12.3 Å². The molecule has 1 unspecified atom stereocenters. The Hall–Kier alpha value is -1.41. The van der Waals surface area contributed by atoms with Crippen molar-refractivity contribution in [2.45, 2.75) is 25.3 Å². The summed E-state index contributed by atoms with van der Waals surface area (Å²) < 4.78 is 0. The molecule has 0 amide bonds. The van der Waals surface area contributed by atoms with Crippen molar-refractivity contribution in [3.63, 3.8) is 0 Å². The van der Waals surface area contributed by atoms with Gasteiger partial charge in [-0.25, -0.2) is 0 Å². The zero-order valence-corrected chi connectivity index (χ0v) is 9.26. The van der Waals surface area contributed by atoms with Gasteiger partial charge >= 0.3 is 0 Å². The van der Waals surface area contributed by atoms with Crippen LogP contribution in [0.15, 0.2) is 36.5 Å². The minimum absolute atomic E-state index is 0.160. The van der Waals surface area contributed by atoms with Crippen LogP contribution >= 0.6 is 0 Å². The van der Waals surface area contributed by atoms with E-state index in [9.17, 15) is 0 Å². The normalized spacial score (nSPS) is 18.3. The van der Waals surface area contributed by atoms with Gasteiger partial charge in [0.25, 0.3) is 0 Å². The summed E-state index contributed by atoms with van der Waals surface area (Å²) in [6, 6.07) is 10.5. The average Bonchev–Trinajstić information content (AvgIpc) is 2.26. The molecule has 0 spiro atoms. The maximum absolute atomic E-state index is 6.33. The number of rotatable bonds is 2. The zero-order chi connectivity index (χ0) is 11.0. The Morgan fingerprint density at radius 2 is 2.00 bits per heavy atom. The first-order valence-electron chi connectivity index (χ1n) is 5.95. The van der Waals surface area contributed by atoms with E-state index in [0.29, 0.717) is 5.92 Å². The Labute approximate surface area is 95.5 Å². The molecule has 1 saturated carbocycles. The third kappa shape index (κ3) is 1.50. The third-order valence-electron chi connectivity index (χ3n) is 3.68. The van der Waals surface area contributed by atoms with Crippen molar-refractivity contribution in [2.24, 2.45) is 11.7 Å². The molecule has 1 aromatic carbocycles. The Bertz CT molecular complexity index is 498. The maximum Gasteiger partial charge on any atom is 0.0749 e. The molecule has 3 rings (SSSR count). The number of hydrogen-bond donors (Lipinski definition) is 1. The van der Waals surface area contributed by atoms with Crippen LogP contribution in [-0.4, -0.2) is 4.98 Å². The summed E-state index contributed by atoms with van der Waals surface area (Å²) in [6.07, 6.45) is 5.71. The van der Waals surface area contributed by atoms with Crippen molar-refractivity contribution >= 4 is 10.9 Å². The first kappa shape index (κ1) is 9.79. The van der Waals surface area contributed by atoms with Crippen molar-refractivity contribution < 1.29 is 0 Å². The summed E-state index contributed by atoms with van der Waals surface area (Å²) in [5.74, 6) is 0.660. The van der Waals surface area contributed by atoms with Gasteiger partial charge in [-0.2, -0.15) is 0 Å². The highest BCUT2D eigenvalue weighted by Crippen LogP contribution is 2.37. The SMILES string of the molecule is NC(c1cccc2cccnc12)C1CCC1. The number of fused-ring (bicyclic) bond motifs is 1. The van der Waals surface area contributed by atoms with Crippen molar-refractivity contribution in [1.82, 2.24) is 4.98 Å². The minimum Gasteiger partial charge on any atom is -0.324 e. The molecule has 0 radical (unpaired) electrons. The van der Waals surface area contributed by atoms with E-state index >= 15 is 0 Å². The van der Waals surface area contributed by atoms with Crippen LogP contribution in [0.4, 0.5) is 0 Å². The Kier molecular flexibility index (Phi) is 2.37. The van der Waals surface area contributed by atoms with Gasteiger partial charge in [-0.05, 0) is 30.4 Å². The maximum atomic E-state index is 6.33. The van der Waals surface area contributed by atoms with Crippen LogP contribution in [0.3, 0.4) is 0 Å². The predicted molar refractivity (Wildman–Crippen MR) is 66.0 cm³/mol. The lowest BCUT2D eigenvalue weighted by Gasteiger charge is -2.31. The molecule has 0 bridgehead atoms.